The topological polar surface area (TPSA) is 80.8 Å². The van der Waals surface area contributed by atoms with Gasteiger partial charge in [0.25, 0.3) is 11.8 Å². The third kappa shape index (κ3) is 3.33. The molecule has 26 heavy (non-hydrogen) atoms. The highest BCUT2D eigenvalue weighted by Gasteiger charge is 2.20. The molecular formula is C19H19N3O4. The molecule has 3 heterocycles. The molecule has 0 atom stereocenters. The van der Waals surface area contributed by atoms with E-state index in [4.69, 9.17) is 9.47 Å². The molecule has 1 saturated heterocycles. The summed E-state index contributed by atoms with van der Waals surface area (Å²) in [6.07, 6.45) is 6.15. The second-order valence-electron chi connectivity index (χ2n) is 6.34. The molecule has 7 nitrogen and oxygen atoms in total. The summed E-state index contributed by atoms with van der Waals surface area (Å²) in [7, 11) is 0. The Hall–Kier alpha value is -3.09. The zero-order valence-electron chi connectivity index (χ0n) is 14.2. The molecular weight excluding hydrogens is 334 g/mol. The summed E-state index contributed by atoms with van der Waals surface area (Å²) in [6.45, 7) is 1.69. The van der Waals surface area contributed by atoms with Crippen LogP contribution in [0.3, 0.4) is 0 Å². The largest absolute Gasteiger partial charge is 0.454 e. The Morgan fingerprint density at radius 3 is 2.58 bits per heavy atom. The van der Waals surface area contributed by atoms with Crippen LogP contribution in [0, 0.1) is 0 Å². The molecule has 7 heteroatoms. The van der Waals surface area contributed by atoms with Gasteiger partial charge in [0.2, 0.25) is 6.79 Å². The van der Waals surface area contributed by atoms with E-state index in [1.165, 1.54) is 12.4 Å². The minimum absolute atomic E-state index is 0.0741. The van der Waals surface area contributed by atoms with Gasteiger partial charge in [-0.05, 0) is 37.5 Å². The van der Waals surface area contributed by atoms with E-state index in [2.05, 4.69) is 10.3 Å². The Balaban J connectivity index is 1.48. The fraction of sp³-hybridized carbons (Fsp3) is 0.316. The van der Waals surface area contributed by atoms with E-state index >= 15 is 0 Å². The first-order chi connectivity index (χ1) is 12.7. The van der Waals surface area contributed by atoms with Crippen LogP contribution in [-0.2, 0) is 0 Å². The maximum atomic E-state index is 12.6. The van der Waals surface area contributed by atoms with Crippen LogP contribution in [0.4, 0.5) is 5.69 Å². The van der Waals surface area contributed by atoms with Gasteiger partial charge in [0.1, 0.15) is 0 Å². The lowest BCUT2D eigenvalue weighted by atomic mass is 10.1. The number of fused-ring (bicyclic) bond motifs is 1. The number of pyridine rings is 1. The first-order valence-corrected chi connectivity index (χ1v) is 8.66. The van der Waals surface area contributed by atoms with Gasteiger partial charge in [-0.25, -0.2) is 0 Å². The number of aromatic nitrogens is 1. The number of amides is 2. The lowest BCUT2D eigenvalue weighted by molar-refractivity contribution is 0.0724. The van der Waals surface area contributed by atoms with Crippen molar-refractivity contribution in [2.24, 2.45) is 0 Å². The van der Waals surface area contributed by atoms with Gasteiger partial charge in [-0.1, -0.05) is 0 Å². The first kappa shape index (κ1) is 16.4. The molecule has 1 N–H and O–H groups in total. The number of nitrogens with zero attached hydrogens (tertiary/aromatic N) is 2. The van der Waals surface area contributed by atoms with Gasteiger partial charge in [-0.2, -0.15) is 0 Å². The van der Waals surface area contributed by atoms with Crippen LogP contribution in [0.1, 0.15) is 40.0 Å². The predicted octanol–water partition coefficient (Wildman–Crippen LogP) is 2.69. The summed E-state index contributed by atoms with van der Waals surface area (Å²) in [5.41, 5.74) is 1.36. The number of benzene rings is 1. The van der Waals surface area contributed by atoms with E-state index in [-0.39, 0.29) is 18.6 Å². The third-order valence-corrected chi connectivity index (χ3v) is 4.52. The SMILES string of the molecule is O=C(Nc1ccc2c(c1)OCO2)c1cncc(C(=O)N2CCCCC2)c1. The van der Waals surface area contributed by atoms with Crippen LogP contribution in [-0.4, -0.2) is 41.6 Å². The van der Waals surface area contributed by atoms with E-state index in [0.717, 1.165) is 32.4 Å². The van der Waals surface area contributed by atoms with Gasteiger partial charge in [-0.3, -0.25) is 14.6 Å². The van der Waals surface area contributed by atoms with Crippen molar-refractivity contribution in [3.63, 3.8) is 0 Å². The minimum Gasteiger partial charge on any atom is -0.454 e. The summed E-state index contributed by atoms with van der Waals surface area (Å²) >= 11 is 0. The molecule has 0 bridgehead atoms. The van der Waals surface area contributed by atoms with Gasteiger partial charge in [0.15, 0.2) is 11.5 Å². The number of carbonyl (C=O) groups is 2. The van der Waals surface area contributed by atoms with E-state index in [1.807, 2.05) is 4.90 Å². The third-order valence-electron chi connectivity index (χ3n) is 4.52. The van der Waals surface area contributed by atoms with Gasteiger partial charge in [0.05, 0.1) is 11.1 Å². The number of piperidine rings is 1. The highest BCUT2D eigenvalue weighted by Crippen LogP contribution is 2.34. The monoisotopic (exact) mass is 353 g/mol. The van der Waals surface area contributed by atoms with Gasteiger partial charge in [0, 0.05) is 37.2 Å². The van der Waals surface area contributed by atoms with E-state index in [0.29, 0.717) is 28.3 Å². The Labute approximate surface area is 150 Å². The molecule has 0 saturated carbocycles. The molecule has 1 fully saturated rings. The predicted molar refractivity (Wildman–Crippen MR) is 94.5 cm³/mol. The number of hydrogen-bond donors (Lipinski definition) is 1. The molecule has 2 aromatic rings. The van der Waals surface area contributed by atoms with Crippen LogP contribution >= 0.6 is 0 Å². The Morgan fingerprint density at radius 2 is 1.73 bits per heavy atom. The van der Waals surface area contributed by atoms with Crippen LogP contribution in [0.25, 0.3) is 0 Å². The molecule has 2 amide bonds. The maximum absolute atomic E-state index is 12.6. The average Bonchev–Trinajstić information content (AvgIpc) is 3.16. The lowest BCUT2D eigenvalue weighted by Gasteiger charge is -2.26. The molecule has 1 aromatic carbocycles. The number of rotatable bonds is 3. The number of carbonyl (C=O) groups excluding carboxylic acids is 2. The van der Waals surface area contributed by atoms with Crippen LogP contribution in [0.2, 0.25) is 0 Å². The quantitative estimate of drug-likeness (QED) is 0.918. The maximum Gasteiger partial charge on any atom is 0.257 e. The summed E-state index contributed by atoms with van der Waals surface area (Å²) in [6, 6.07) is 6.77. The molecule has 0 unspecified atom stereocenters. The van der Waals surface area contributed by atoms with Crippen molar-refractivity contribution in [3.05, 3.63) is 47.8 Å². The zero-order chi connectivity index (χ0) is 17.9. The molecule has 0 aliphatic carbocycles. The van der Waals surface area contributed by atoms with Crippen molar-refractivity contribution in [2.45, 2.75) is 19.3 Å². The summed E-state index contributed by atoms with van der Waals surface area (Å²) in [4.78, 5) is 31.0. The highest BCUT2D eigenvalue weighted by atomic mass is 16.7. The average molecular weight is 353 g/mol. The molecule has 0 radical (unpaired) electrons. The normalized spacial score (nSPS) is 15.6. The molecule has 1 aromatic heterocycles. The minimum atomic E-state index is -0.329. The number of hydrogen-bond acceptors (Lipinski definition) is 5. The van der Waals surface area contributed by atoms with Gasteiger partial charge >= 0.3 is 0 Å². The van der Waals surface area contributed by atoms with Crippen LogP contribution in [0.5, 0.6) is 11.5 Å². The van der Waals surface area contributed by atoms with Crippen molar-refractivity contribution >= 4 is 17.5 Å². The Morgan fingerprint density at radius 1 is 0.962 bits per heavy atom. The number of anilines is 1. The van der Waals surface area contributed by atoms with E-state index < -0.39 is 0 Å². The molecule has 0 spiro atoms. The number of ether oxygens (including phenoxy) is 2. The standard InChI is InChI=1S/C19H19N3O4/c23-18(21-15-4-5-16-17(9-15)26-12-25-16)13-8-14(11-20-10-13)19(24)22-6-2-1-3-7-22/h4-5,8-11H,1-3,6-7,12H2,(H,21,23). The molecule has 2 aliphatic rings. The zero-order valence-corrected chi connectivity index (χ0v) is 14.2. The number of likely N-dealkylation sites (tertiary alicyclic amines) is 1. The fourth-order valence-corrected chi connectivity index (χ4v) is 3.14. The lowest BCUT2D eigenvalue weighted by Crippen LogP contribution is -2.35. The molecule has 4 rings (SSSR count). The second kappa shape index (κ2) is 7.03. The second-order valence-corrected chi connectivity index (χ2v) is 6.34. The smallest absolute Gasteiger partial charge is 0.257 e. The summed E-state index contributed by atoms with van der Waals surface area (Å²) in [5, 5.41) is 2.79. The van der Waals surface area contributed by atoms with Crippen molar-refractivity contribution < 1.29 is 19.1 Å². The van der Waals surface area contributed by atoms with Gasteiger partial charge in [-0.15, -0.1) is 0 Å². The van der Waals surface area contributed by atoms with Crippen LogP contribution in [0.15, 0.2) is 36.7 Å². The first-order valence-electron chi connectivity index (χ1n) is 8.66. The summed E-state index contributed by atoms with van der Waals surface area (Å²) < 4.78 is 10.6. The fourth-order valence-electron chi connectivity index (χ4n) is 3.14. The van der Waals surface area contributed by atoms with Crippen molar-refractivity contribution in [1.82, 2.24) is 9.88 Å². The number of nitrogens with one attached hydrogen (secondary N) is 1. The highest BCUT2D eigenvalue weighted by molar-refractivity contribution is 6.06. The Bertz CT molecular complexity index is 846. The van der Waals surface area contributed by atoms with Crippen LogP contribution < -0.4 is 14.8 Å². The Kier molecular flexibility index (Phi) is 4.43. The summed E-state index contributed by atoms with van der Waals surface area (Å²) in [5.74, 6) is 0.841. The van der Waals surface area contributed by atoms with Crippen molar-refractivity contribution in [2.75, 3.05) is 25.2 Å². The van der Waals surface area contributed by atoms with Crippen molar-refractivity contribution in [3.8, 4) is 11.5 Å². The molecule has 2 aliphatic heterocycles. The van der Waals surface area contributed by atoms with E-state index in [9.17, 15) is 9.59 Å². The van der Waals surface area contributed by atoms with E-state index in [1.54, 1.807) is 24.3 Å². The van der Waals surface area contributed by atoms with Crippen molar-refractivity contribution in [1.29, 1.82) is 0 Å². The van der Waals surface area contributed by atoms with Gasteiger partial charge < -0.3 is 19.7 Å². The molecule has 134 valence electrons.